The third-order valence-electron chi connectivity index (χ3n) is 4.13. The molecule has 2 unspecified atom stereocenters. The van der Waals surface area contributed by atoms with Crippen molar-refractivity contribution < 1.29 is 5.11 Å². The summed E-state index contributed by atoms with van der Waals surface area (Å²) in [7, 11) is 4.18. The van der Waals surface area contributed by atoms with Crippen molar-refractivity contribution in [1.29, 1.82) is 0 Å². The maximum atomic E-state index is 9.87. The van der Waals surface area contributed by atoms with E-state index in [0.717, 1.165) is 32.5 Å². The average molecular weight is 271 g/mol. The molecule has 0 bridgehead atoms. The van der Waals surface area contributed by atoms with Crippen molar-refractivity contribution in [2.45, 2.75) is 37.8 Å². The number of likely N-dealkylation sites (N-methyl/N-ethyl adjacent to an activating group) is 1. The summed E-state index contributed by atoms with van der Waals surface area (Å²) in [6, 6.07) is 0.471. The molecule has 2 atom stereocenters. The van der Waals surface area contributed by atoms with Crippen LogP contribution in [-0.4, -0.2) is 65.8 Å². The number of aliphatic hydroxyl groups excluding tert-OH is 1. The molecule has 0 radical (unpaired) electrons. The van der Waals surface area contributed by atoms with E-state index in [0.29, 0.717) is 16.4 Å². The van der Waals surface area contributed by atoms with E-state index in [4.69, 9.17) is 18.0 Å². The summed E-state index contributed by atoms with van der Waals surface area (Å²) in [6.07, 6.45) is 4.04. The maximum absolute atomic E-state index is 9.87. The molecule has 2 aliphatic rings. The largest absolute Gasteiger partial charge is 0.393 e. The summed E-state index contributed by atoms with van der Waals surface area (Å²) < 4.78 is 0. The van der Waals surface area contributed by atoms with E-state index in [-0.39, 0.29) is 6.10 Å². The highest BCUT2D eigenvalue weighted by atomic mass is 32.1. The van der Waals surface area contributed by atoms with Gasteiger partial charge in [-0.1, -0.05) is 12.2 Å². The number of β-amino-alcohol motifs (C(OH)–C–C–N with tert-alkyl or cyclic N) is 1. The van der Waals surface area contributed by atoms with Gasteiger partial charge in [0.2, 0.25) is 0 Å². The Morgan fingerprint density at radius 1 is 1.50 bits per heavy atom. The quantitative estimate of drug-likeness (QED) is 0.687. The smallest absolute Gasteiger partial charge is 0.0733 e. The Balaban J connectivity index is 1.92. The van der Waals surface area contributed by atoms with Crippen LogP contribution >= 0.6 is 12.2 Å². The van der Waals surface area contributed by atoms with E-state index in [9.17, 15) is 5.11 Å². The van der Waals surface area contributed by atoms with E-state index >= 15 is 0 Å². The molecule has 104 valence electrons. The van der Waals surface area contributed by atoms with Gasteiger partial charge in [0.05, 0.1) is 11.1 Å². The number of rotatable bonds is 6. The lowest BCUT2D eigenvalue weighted by Crippen LogP contribution is -2.41. The zero-order valence-corrected chi connectivity index (χ0v) is 12.2. The first-order valence-corrected chi connectivity index (χ1v) is 7.16. The Bertz CT molecular complexity index is 317. The molecular formula is C13H25N3OS. The second-order valence-corrected chi connectivity index (χ2v) is 6.90. The summed E-state index contributed by atoms with van der Waals surface area (Å²) in [4.78, 5) is 5.27. The number of hydrogen-bond donors (Lipinski definition) is 2. The lowest BCUT2D eigenvalue weighted by molar-refractivity contribution is 0.155. The summed E-state index contributed by atoms with van der Waals surface area (Å²) in [5, 5.41) is 9.87. The highest BCUT2D eigenvalue weighted by Gasteiger charge is 2.46. The first-order chi connectivity index (χ1) is 8.40. The standard InChI is InChI=1S/C13H25N3OS/c1-15(2)7-10-5-11(17)8-16(10)9-13(3-4-13)6-12(14)18/h10-11,17H,3-9H2,1-2H3,(H2,14,18). The normalized spacial score (nSPS) is 30.9. The first kappa shape index (κ1) is 14.2. The Hall–Kier alpha value is -0.230. The summed E-state index contributed by atoms with van der Waals surface area (Å²) >= 11 is 5.05. The van der Waals surface area contributed by atoms with E-state index in [1.807, 2.05) is 0 Å². The van der Waals surface area contributed by atoms with Crippen molar-refractivity contribution >= 4 is 17.2 Å². The van der Waals surface area contributed by atoms with Crippen molar-refractivity contribution in [2.24, 2.45) is 11.1 Å². The van der Waals surface area contributed by atoms with Gasteiger partial charge in [0.1, 0.15) is 0 Å². The monoisotopic (exact) mass is 271 g/mol. The number of likely N-dealkylation sites (tertiary alicyclic amines) is 1. The average Bonchev–Trinajstić information content (AvgIpc) is 2.85. The van der Waals surface area contributed by atoms with Gasteiger partial charge in [-0.2, -0.15) is 0 Å². The Morgan fingerprint density at radius 3 is 2.67 bits per heavy atom. The molecule has 0 aromatic heterocycles. The molecule has 0 aromatic carbocycles. The van der Waals surface area contributed by atoms with Crippen LogP contribution in [0.2, 0.25) is 0 Å². The molecule has 3 N–H and O–H groups in total. The molecule has 18 heavy (non-hydrogen) atoms. The third-order valence-corrected chi connectivity index (χ3v) is 4.27. The van der Waals surface area contributed by atoms with Crippen LogP contribution in [0.3, 0.4) is 0 Å². The molecule has 2 fully saturated rings. The first-order valence-electron chi connectivity index (χ1n) is 6.75. The molecule has 0 spiro atoms. The van der Waals surface area contributed by atoms with E-state index in [1.165, 1.54) is 12.8 Å². The van der Waals surface area contributed by atoms with Crippen LogP contribution in [0.1, 0.15) is 25.7 Å². The fraction of sp³-hybridized carbons (Fsp3) is 0.923. The Labute approximate surface area is 115 Å². The van der Waals surface area contributed by atoms with Crippen LogP contribution in [-0.2, 0) is 0 Å². The molecule has 2 rings (SSSR count). The summed E-state index contributed by atoms with van der Waals surface area (Å²) in [5.74, 6) is 0. The van der Waals surface area contributed by atoms with Gasteiger partial charge < -0.3 is 15.7 Å². The predicted octanol–water partition coefficient (Wildman–Crippen LogP) is 0.440. The van der Waals surface area contributed by atoms with Crippen molar-refractivity contribution in [2.75, 3.05) is 33.7 Å². The minimum Gasteiger partial charge on any atom is -0.393 e. The van der Waals surface area contributed by atoms with Crippen molar-refractivity contribution in [3.63, 3.8) is 0 Å². The molecule has 4 nitrogen and oxygen atoms in total. The van der Waals surface area contributed by atoms with E-state index < -0.39 is 0 Å². The van der Waals surface area contributed by atoms with E-state index in [1.54, 1.807) is 0 Å². The number of hydrogen-bond acceptors (Lipinski definition) is 4. The minimum atomic E-state index is -0.171. The fourth-order valence-electron chi connectivity index (χ4n) is 3.13. The van der Waals surface area contributed by atoms with Crippen molar-refractivity contribution in [3.8, 4) is 0 Å². The lowest BCUT2D eigenvalue weighted by Gasteiger charge is -2.30. The number of thiocarbonyl (C=S) groups is 1. The maximum Gasteiger partial charge on any atom is 0.0733 e. The van der Waals surface area contributed by atoms with Crippen molar-refractivity contribution in [1.82, 2.24) is 9.80 Å². The number of nitrogens with zero attached hydrogens (tertiary/aromatic N) is 2. The molecule has 1 saturated heterocycles. The third kappa shape index (κ3) is 3.63. The molecule has 1 heterocycles. The fourth-order valence-corrected chi connectivity index (χ4v) is 3.44. The minimum absolute atomic E-state index is 0.171. The number of nitrogens with two attached hydrogens (primary N) is 1. The lowest BCUT2D eigenvalue weighted by atomic mass is 10.0. The SMILES string of the molecule is CN(C)CC1CC(O)CN1CC1(CC(N)=S)CC1. The van der Waals surface area contributed by atoms with Gasteiger partial charge in [0.15, 0.2) is 0 Å². The van der Waals surface area contributed by atoms with Crippen LogP contribution in [0.4, 0.5) is 0 Å². The van der Waals surface area contributed by atoms with Gasteiger partial charge in [-0.3, -0.25) is 4.90 Å². The molecule has 1 aliphatic heterocycles. The summed E-state index contributed by atoms with van der Waals surface area (Å²) in [5.41, 5.74) is 6.01. The Kier molecular flexibility index (Phi) is 4.26. The van der Waals surface area contributed by atoms with Crippen molar-refractivity contribution in [3.05, 3.63) is 0 Å². The molecule has 0 aromatic rings. The second kappa shape index (κ2) is 5.41. The van der Waals surface area contributed by atoms with Gasteiger partial charge in [0.25, 0.3) is 0 Å². The van der Waals surface area contributed by atoms with Gasteiger partial charge in [-0.05, 0) is 38.8 Å². The molecule has 0 amide bonds. The van der Waals surface area contributed by atoms with Gasteiger partial charge in [-0.15, -0.1) is 0 Å². The van der Waals surface area contributed by atoms with E-state index in [2.05, 4.69) is 23.9 Å². The second-order valence-electron chi connectivity index (χ2n) is 6.38. The van der Waals surface area contributed by atoms with Crippen LogP contribution in [0.5, 0.6) is 0 Å². The number of aliphatic hydroxyl groups is 1. The highest BCUT2D eigenvalue weighted by Crippen LogP contribution is 2.50. The predicted molar refractivity (Wildman–Crippen MR) is 77.6 cm³/mol. The van der Waals surface area contributed by atoms with Crippen LogP contribution < -0.4 is 5.73 Å². The zero-order chi connectivity index (χ0) is 13.3. The zero-order valence-electron chi connectivity index (χ0n) is 11.4. The Morgan fingerprint density at radius 2 is 2.17 bits per heavy atom. The topological polar surface area (TPSA) is 52.7 Å². The van der Waals surface area contributed by atoms with Crippen LogP contribution in [0.25, 0.3) is 0 Å². The van der Waals surface area contributed by atoms with Gasteiger partial charge in [-0.25, -0.2) is 0 Å². The summed E-state index contributed by atoms with van der Waals surface area (Å²) in [6.45, 7) is 2.86. The van der Waals surface area contributed by atoms with Gasteiger partial charge in [0, 0.05) is 32.1 Å². The molecule has 1 saturated carbocycles. The molecular weight excluding hydrogens is 246 g/mol. The van der Waals surface area contributed by atoms with Gasteiger partial charge >= 0.3 is 0 Å². The van der Waals surface area contributed by atoms with Crippen LogP contribution in [0, 0.1) is 5.41 Å². The molecule has 5 heteroatoms. The highest BCUT2D eigenvalue weighted by molar-refractivity contribution is 7.80. The van der Waals surface area contributed by atoms with Crippen LogP contribution in [0.15, 0.2) is 0 Å². The molecule has 1 aliphatic carbocycles.